The Labute approximate surface area is 127 Å². The Morgan fingerprint density at radius 2 is 2.17 bits per heavy atom. The van der Waals surface area contributed by atoms with Crippen LogP contribution in [0.2, 0.25) is 0 Å². The molecule has 6 heteroatoms. The Balaban J connectivity index is 2.31. The zero-order chi connectivity index (χ0) is 13.3. The summed E-state index contributed by atoms with van der Waals surface area (Å²) in [5.74, 6) is -0.374. The van der Waals surface area contributed by atoms with Gasteiger partial charge in [-0.15, -0.1) is 11.3 Å². The van der Waals surface area contributed by atoms with Crippen molar-refractivity contribution in [3.05, 3.63) is 19.2 Å². The molecule has 1 saturated heterocycles. The summed E-state index contributed by atoms with van der Waals surface area (Å²) in [6.07, 6.45) is 2.16. The number of imide groups is 1. The predicted octanol–water partition coefficient (Wildman–Crippen LogP) is 3.82. The highest BCUT2D eigenvalue weighted by molar-refractivity contribution is 9.13. The number of halogens is 2. The van der Waals surface area contributed by atoms with Gasteiger partial charge in [0.25, 0.3) is 0 Å². The second-order valence-electron chi connectivity index (χ2n) is 4.39. The fraction of sp³-hybridized carbons (Fsp3) is 0.500. The van der Waals surface area contributed by atoms with Crippen LogP contribution in [0, 0.1) is 5.92 Å². The van der Waals surface area contributed by atoms with Crippen LogP contribution < -0.4 is 5.32 Å². The first-order valence-electron chi connectivity index (χ1n) is 5.81. The van der Waals surface area contributed by atoms with Gasteiger partial charge in [-0.2, -0.15) is 0 Å². The lowest BCUT2D eigenvalue weighted by molar-refractivity contribution is -0.137. The molecule has 1 fully saturated rings. The molecule has 0 radical (unpaired) electrons. The molecule has 0 aliphatic carbocycles. The summed E-state index contributed by atoms with van der Waals surface area (Å²) in [7, 11) is 0. The smallest absolute Gasteiger partial charge is 0.230 e. The monoisotopic (exact) mass is 393 g/mol. The number of piperidine rings is 1. The second kappa shape index (κ2) is 5.84. The summed E-state index contributed by atoms with van der Waals surface area (Å²) in [6, 6.07) is 2.01. The fourth-order valence-corrected chi connectivity index (χ4v) is 4.55. The van der Waals surface area contributed by atoms with E-state index in [1.165, 1.54) is 0 Å². The summed E-state index contributed by atoms with van der Waals surface area (Å²) in [5.41, 5.74) is 0. The van der Waals surface area contributed by atoms with Gasteiger partial charge >= 0.3 is 0 Å². The highest BCUT2D eigenvalue weighted by Gasteiger charge is 2.37. The fourth-order valence-electron chi connectivity index (χ4n) is 2.29. The summed E-state index contributed by atoms with van der Waals surface area (Å²) in [4.78, 5) is 24.6. The van der Waals surface area contributed by atoms with Crippen molar-refractivity contribution in [2.75, 3.05) is 0 Å². The molecule has 2 heterocycles. The minimum Gasteiger partial charge on any atom is -0.296 e. The standard InChI is InChI=1S/C12H13Br2NO2S/c1-2-3-6-7(4-10(16)15-12(6)17)9-5-8(13)11(14)18-9/h5-7H,2-4H2,1H3,(H,15,16,17). The molecule has 2 rings (SSSR count). The van der Waals surface area contributed by atoms with Gasteiger partial charge in [0, 0.05) is 27.6 Å². The quantitative estimate of drug-likeness (QED) is 0.792. The van der Waals surface area contributed by atoms with E-state index in [9.17, 15) is 9.59 Å². The van der Waals surface area contributed by atoms with Crippen LogP contribution in [-0.2, 0) is 9.59 Å². The van der Waals surface area contributed by atoms with Gasteiger partial charge < -0.3 is 0 Å². The van der Waals surface area contributed by atoms with E-state index in [2.05, 4.69) is 44.1 Å². The topological polar surface area (TPSA) is 46.2 Å². The minimum atomic E-state index is -0.169. The summed E-state index contributed by atoms with van der Waals surface area (Å²) >= 11 is 8.50. The Bertz CT molecular complexity index is 467. The van der Waals surface area contributed by atoms with Gasteiger partial charge in [-0.3, -0.25) is 14.9 Å². The first-order chi connectivity index (χ1) is 8.52. The molecule has 3 nitrogen and oxygen atoms in total. The van der Waals surface area contributed by atoms with Gasteiger partial charge in [-0.1, -0.05) is 13.3 Å². The maximum atomic E-state index is 11.9. The third-order valence-corrected chi connectivity index (χ3v) is 6.51. The predicted molar refractivity (Wildman–Crippen MR) is 78.6 cm³/mol. The van der Waals surface area contributed by atoms with Crippen LogP contribution in [0.25, 0.3) is 0 Å². The zero-order valence-electron chi connectivity index (χ0n) is 9.83. The van der Waals surface area contributed by atoms with Gasteiger partial charge in [0.15, 0.2) is 0 Å². The lowest BCUT2D eigenvalue weighted by atomic mass is 9.81. The maximum absolute atomic E-state index is 11.9. The van der Waals surface area contributed by atoms with Crippen molar-refractivity contribution in [1.29, 1.82) is 0 Å². The van der Waals surface area contributed by atoms with Crippen molar-refractivity contribution in [2.24, 2.45) is 5.92 Å². The molecule has 0 saturated carbocycles. The number of hydrogen-bond donors (Lipinski definition) is 1. The molecule has 2 amide bonds. The number of carbonyl (C=O) groups excluding carboxylic acids is 2. The Morgan fingerprint density at radius 3 is 2.72 bits per heavy atom. The van der Waals surface area contributed by atoms with E-state index in [1.807, 2.05) is 6.07 Å². The van der Waals surface area contributed by atoms with Crippen LogP contribution in [0.4, 0.5) is 0 Å². The van der Waals surface area contributed by atoms with Crippen LogP contribution in [0.3, 0.4) is 0 Å². The highest BCUT2D eigenvalue weighted by atomic mass is 79.9. The van der Waals surface area contributed by atoms with Crippen molar-refractivity contribution in [3.63, 3.8) is 0 Å². The number of rotatable bonds is 3. The number of thiophene rings is 1. The average Bonchev–Trinajstić information content (AvgIpc) is 2.63. The molecule has 2 atom stereocenters. The van der Waals surface area contributed by atoms with E-state index in [1.54, 1.807) is 11.3 Å². The van der Waals surface area contributed by atoms with Crippen LogP contribution in [0.5, 0.6) is 0 Å². The van der Waals surface area contributed by atoms with Crippen molar-refractivity contribution >= 4 is 55.0 Å². The summed E-state index contributed by atoms with van der Waals surface area (Å²) < 4.78 is 1.99. The van der Waals surface area contributed by atoms with E-state index in [0.717, 1.165) is 26.0 Å². The lowest BCUT2D eigenvalue weighted by Crippen LogP contribution is -2.44. The molecule has 0 bridgehead atoms. The van der Waals surface area contributed by atoms with Crippen molar-refractivity contribution in [3.8, 4) is 0 Å². The van der Waals surface area contributed by atoms with Crippen LogP contribution in [0.1, 0.15) is 37.0 Å². The summed E-state index contributed by atoms with van der Waals surface area (Å²) in [6.45, 7) is 2.06. The zero-order valence-corrected chi connectivity index (χ0v) is 13.8. The van der Waals surface area contributed by atoms with Gasteiger partial charge in [0.05, 0.1) is 3.79 Å². The molecule has 98 valence electrons. The molecular formula is C12H13Br2NO2S. The van der Waals surface area contributed by atoms with E-state index in [-0.39, 0.29) is 23.7 Å². The lowest BCUT2D eigenvalue weighted by Gasteiger charge is -2.29. The Morgan fingerprint density at radius 1 is 1.44 bits per heavy atom. The van der Waals surface area contributed by atoms with Crippen LogP contribution in [0.15, 0.2) is 14.3 Å². The highest BCUT2D eigenvalue weighted by Crippen LogP contribution is 2.42. The molecule has 18 heavy (non-hydrogen) atoms. The molecule has 1 N–H and O–H groups in total. The third-order valence-electron chi connectivity index (χ3n) is 3.12. The largest absolute Gasteiger partial charge is 0.296 e. The SMILES string of the molecule is CCCC1C(=O)NC(=O)CC1c1cc(Br)c(Br)s1. The van der Waals surface area contributed by atoms with E-state index >= 15 is 0 Å². The first-order valence-corrected chi connectivity index (χ1v) is 8.21. The number of nitrogens with one attached hydrogen (secondary N) is 1. The summed E-state index contributed by atoms with van der Waals surface area (Å²) in [5, 5.41) is 2.44. The maximum Gasteiger partial charge on any atom is 0.230 e. The average molecular weight is 395 g/mol. The van der Waals surface area contributed by atoms with Gasteiger partial charge in [-0.05, 0) is 44.3 Å². The molecule has 1 aromatic rings. The third kappa shape index (κ3) is 2.86. The second-order valence-corrected chi connectivity index (χ2v) is 7.64. The van der Waals surface area contributed by atoms with E-state index in [0.29, 0.717) is 6.42 Å². The van der Waals surface area contributed by atoms with Crippen LogP contribution in [-0.4, -0.2) is 11.8 Å². The number of amides is 2. The Hall–Kier alpha value is -0.200. The molecule has 1 aliphatic heterocycles. The number of hydrogen-bond acceptors (Lipinski definition) is 3. The van der Waals surface area contributed by atoms with Crippen LogP contribution >= 0.6 is 43.2 Å². The van der Waals surface area contributed by atoms with E-state index in [4.69, 9.17) is 0 Å². The first kappa shape index (κ1) is 14.2. The van der Waals surface area contributed by atoms with E-state index < -0.39 is 0 Å². The van der Waals surface area contributed by atoms with Crippen molar-refractivity contribution < 1.29 is 9.59 Å². The van der Waals surface area contributed by atoms with Crippen molar-refractivity contribution in [1.82, 2.24) is 5.32 Å². The van der Waals surface area contributed by atoms with Gasteiger partial charge in [0.1, 0.15) is 0 Å². The molecule has 1 aliphatic rings. The molecule has 0 spiro atoms. The molecule has 0 aromatic carbocycles. The van der Waals surface area contributed by atoms with Gasteiger partial charge in [0.2, 0.25) is 11.8 Å². The molecular weight excluding hydrogens is 382 g/mol. The Kier molecular flexibility index (Phi) is 4.61. The normalized spacial score (nSPS) is 24.2. The molecule has 2 unspecified atom stereocenters. The molecule has 1 aromatic heterocycles. The number of carbonyl (C=O) groups is 2. The van der Waals surface area contributed by atoms with Gasteiger partial charge in [-0.25, -0.2) is 0 Å². The minimum absolute atomic E-state index is 0.0128. The van der Waals surface area contributed by atoms with Crippen molar-refractivity contribution in [2.45, 2.75) is 32.1 Å².